The highest BCUT2D eigenvalue weighted by Crippen LogP contribution is 2.22. The van der Waals surface area contributed by atoms with Crippen molar-refractivity contribution in [3.63, 3.8) is 0 Å². The highest BCUT2D eigenvalue weighted by molar-refractivity contribution is 7.12. The zero-order valence-electron chi connectivity index (χ0n) is 11.8. The summed E-state index contributed by atoms with van der Waals surface area (Å²) in [4.78, 5) is 16.4. The normalized spacial score (nSPS) is 12.5. The van der Waals surface area contributed by atoms with E-state index in [2.05, 4.69) is 19.9 Å². The Morgan fingerprint density at radius 3 is 2.67 bits per heavy atom. The molecule has 1 unspecified atom stereocenters. The van der Waals surface area contributed by atoms with Crippen LogP contribution in [0.5, 0.6) is 0 Å². The Balaban J connectivity index is 2.38. The maximum Gasteiger partial charge on any atom is 0.222 e. The molecule has 0 radical (unpaired) electrons. The number of hydrogen-bond donors (Lipinski definition) is 1. The number of amides is 1. The number of nitrogens with zero attached hydrogens (tertiary/aromatic N) is 1. The average molecular weight is 268 g/mol. The monoisotopic (exact) mass is 268 g/mol. The minimum atomic E-state index is 0.127. The Morgan fingerprint density at radius 2 is 2.17 bits per heavy atom. The first-order chi connectivity index (χ1) is 8.45. The number of carbonyl (C=O) groups excluding carboxylic acids is 1. The summed E-state index contributed by atoms with van der Waals surface area (Å²) in [5.41, 5.74) is 6.95. The number of carbonyl (C=O) groups is 1. The topological polar surface area (TPSA) is 46.3 Å². The van der Waals surface area contributed by atoms with Crippen LogP contribution in [-0.2, 0) is 11.2 Å². The summed E-state index contributed by atoms with van der Waals surface area (Å²) in [6, 6.07) is 2.36. The van der Waals surface area contributed by atoms with E-state index in [1.165, 1.54) is 15.3 Å². The molecule has 0 aliphatic heterocycles. The lowest BCUT2D eigenvalue weighted by atomic mass is 10.1. The molecule has 1 rings (SSSR count). The molecule has 0 saturated carbocycles. The number of hydrogen-bond acceptors (Lipinski definition) is 3. The average Bonchev–Trinajstić information content (AvgIpc) is 2.65. The Labute approximate surface area is 114 Å². The van der Waals surface area contributed by atoms with Crippen molar-refractivity contribution in [1.82, 2.24) is 4.90 Å². The van der Waals surface area contributed by atoms with Gasteiger partial charge in [-0.25, -0.2) is 0 Å². The fourth-order valence-corrected chi connectivity index (χ4v) is 2.92. The van der Waals surface area contributed by atoms with Crippen molar-refractivity contribution in [2.75, 3.05) is 13.6 Å². The third-order valence-electron chi connectivity index (χ3n) is 3.38. The van der Waals surface area contributed by atoms with E-state index in [1.54, 1.807) is 4.90 Å². The molecule has 1 amide bonds. The summed E-state index contributed by atoms with van der Waals surface area (Å²) >= 11 is 1.83. The third-order valence-corrected chi connectivity index (χ3v) is 4.38. The lowest BCUT2D eigenvalue weighted by Crippen LogP contribution is -2.39. The second kappa shape index (κ2) is 6.90. The number of aryl methyl sites for hydroxylation is 3. The van der Waals surface area contributed by atoms with Crippen LogP contribution in [0.3, 0.4) is 0 Å². The van der Waals surface area contributed by atoms with E-state index in [0.29, 0.717) is 13.0 Å². The van der Waals surface area contributed by atoms with Gasteiger partial charge in [-0.3, -0.25) is 4.79 Å². The molecule has 0 fully saturated rings. The summed E-state index contributed by atoms with van der Waals surface area (Å²) in [7, 11) is 1.83. The molecular formula is C14H24N2OS. The maximum atomic E-state index is 11.9. The van der Waals surface area contributed by atoms with Crippen molar-refractivity contribution in [2.45, 2.75) is 46.1 Å². The van der Waals surface area contributed by atoms with E-state index < -0.39 is 0 Å². The molecule has 0 aliphatic carbocycles. The van der Waals surface area contributed by atoms with Crippen LogP contribution in [-0.4, -0.2) is 30.4 Å². The van der Waals surface area contributed by atoms with Crippen molar-refractivity contribution in [2.24, 2.45) is 5.73 Å². The van der Waals surface area contributed by atoms with Crippen LogP contribution in [0, 0.1) is 13.8 Å². The van der Waals surface area contributed by atoms with Gasteiger partial charge in [0.1, 0.15) is 0 Å². The number of rotatable bonds is 6. The lowest BCUT2D eigenvalue weighted by Gasteiger charge is -2.23. The Hall–Kier alpha value is -0.870. The third kappa shape index (κ3) is 4.10. The first-order valence-electron chi connectivity index (χ1n) is 6.47. The molecule has 2 N–H and O–H groups in total. The molecule has 0 saturated heterocycles. The predicted octanol–water partition coefficient (Wildman–Crippen LogP) is 2.49. The van der Waals surface area contributed by atoms with Gasteiger partial charge in [0.2, 0.25) is 5.91 Å². The van der Waals surface area contributed by atoms with E-state index in [-0.39, 0.29) is 11.9 Å². The summed E-state index contributed by atoms with van der Waals surface area (Å²) in [5, 5.41) is 0. The van der Waals surface area contributed by atoms with Gasteiger partial charge in [-0.1, -0.05) is 0 Å². The van der Waals surface area contributed by atoms with Gasteiger partial charge >= 0.3 is 0 Å². The van der Waals surface area contributed by atoms with Crippen molar-refractivity contribution in [3.05, 3.63) is 21.4 Å². The van der Waals surface area contributed by atoms with Crippen LogP contribution in [0.1, 0.15) is 35.1 Å². The van der Waals surface area contributed by atoms with Crippen molar-refractivity contribution in [1.29, 1.82) is 0 Å². The number of likely N-dealkylation sites (N-methyl/N-ethyl adjacent to an activating group) is 1. The SMILES string of the molecule is Cc1cc(CCCC(=O)N(C)C(C)CN)c(C)s1. The molecule has 0 bridgehead atoms. The van der Waals surface area contributed by atoms with Gasteiger partial charge in [0.05, 0.1) is 0 Å². The molecular weight excluding hydrogens is 244 g/mol. The molecule has 1 heterocycles. The minimum Gasteiger partial charge on any atom is -0.342 e. The van der Waals surface area contributed by atoms with E-state index in [9.17, 15) is 4.79 Å². The van der Waals surface area contributed by atoms with Crippen LogP contribution in [0.2, 0.25) is 0 Å². The molecule has 1 aromatic heterocycles. The first kappa shape index (κ1) is 15.2. The van der Waals surface area contributed by atoms with Gasteiger partial charge in [-0.15, -0.1) is 11.3 Å². The second-order valence-corrected chi connectivity index (χ2v) is 6.34. The largest absolute Gasteiger partial charge is 0.342 e. The lowest BCUT2D eigenvalue weighted by molar-refractivity contribution is -0.131. The van der Waals surface area contributed by atoms with Crippen molar-refractivity contribution < 1.29 is 4.79 Å². The smallest absolute Gasteiger partial charge is 0.222 e. The molecule has 1 atom stereocenters. The van der Waals surface area contributed by atoms with E-state index in [1.807, 2.05) is 25.3 Å². The van der Waals surface area contributed by atoms with Gasteiger partial charge < -0.3 is 10.6 Å². The molecule has 0 aromatic carbocycles. The molecule has 1 aromatic rings. The summed E-state index contributed by atoms with van der Waals surface area (Å²) in [6.07, 6.45) is 2.51. The van der Waals surface area contributed by atoms with Crippen LogP contribution in [0.4, 0.5) is 0 Å². The highest BCUT2D eigenvalue weighted by Gasteiger charge is 2.14. The summed E-state index contributed by atoms with van der Waals surface area (Å²) in [5.74, 6) is 0.192. The summed E-state index contributed by atoms with van der Waals surface area (Å²) in [6.45, 7) is 6.77. The fourth-order valence-electron chi connectivity index (χ4n) is 1.94. The molecule has 4 heteroatoms. The first-order valence-corrected chi connectivity index (χ1v) is 7.29. The van der Waals surface area contributed by atoms with Gasteiger partial charge in [0, 0.05) is 35.8 Å². The Bertz CT molecular complexity index is 400. The quantitative estimate of drug-likeness (QED) is 0.861. The van der Waals surface area contributed by atoms with Crippen LogP contribution < -0.4 is 5.73 Å². The van der Waals surface area contributed by atoms with E-state index >= 15 is 0 Å². The Kier molecular flexibility index (Phi) is 5.82. The predicted molar refractivity (Wildman–Crippen MR) is 78.0 cm³/mol. The molecule has 0 spiro atoms. The highest BCUT2D eigenvalue weighted by atomic mass is 32.1. The zero-order chi connectivity index (χ0) is 13.7. The van der Waals surface area contributed by atoms with Gasteiger partial charge in [0.15, 0.2) is 0 Å². The summed E-state index contributed by atoms with van der Waals surface area (Å²) < 4.78 is 0. The van der Waals surface area contributed by atoms with Gasteiger partial charge in [-0.2, -0.15) is 0 Å². The van der Waals surface area contributed by atoms with Gasteiger partial charge in [-0.05, 0) is 45.2 Å². The van der Waals surface area contributed by atoms with Gasteiger partial charge in [0.25, 0.3) is 0 Å². The van der Waals surface area contributed by atoms with Crippen molar-refractivity contribution >= 4 is 17.2 Å². The fraction of sp³-hybridized carbons (Fsp3) is 0.643. The molecule has 18 heavy (non-hydrogen) atoms. The number of nitrogens with two attached hydrogens (primary N) is 1. The molecule has 102 valence electrons. The minimum absolute atomic E-state index is 0.127. The van der Waals surface area contributed by atoms with E-state index in [4.69, 9.17) is 5.73 Å². The molecule has 3 nitrogen and oxygen atoms in total. The van der Waals surface area contributed by atoms with Crippen LogP contribution in [0.25, 0.3) is 0 Å². The standard InChI is InChI=1S/C14H24N2OS/c1-10(9-15)16(4)14(17)7-5-6-13-8-11(2)18-12(13)3/h8,10H,5-7,9,15H2,1-4H3. The zero-order valence-corrected chi connectivity index (χ0v) is 12.6. The maximum absolute atomic E-state index is 11.9. The van der Waals surface area contributed by atoms with Crippen LogP contribution >= 0.6 is 11.3 Å². The van der Waals surface area contributed by atoms with Crippen molar-refractivity contribution in [3.8, 4) is 0 Å². The number of thiophene rings is 1. The second-order valence-electron chi connectivity index (χ2n) is 4.88. The van der Waals surface area contributed by atoms with Crippen LogP contribution in [0.15, 0.2) is 6.07 Å². The Morgan fingerprint density at radius 1 is 1.50 bits per heavy atom. The van der Waals surface area contributed by atoms with E-state index in [0.717, 1.165) is 12.8 Å². The molecule has 0 aliphatic rings.